The largest absolute Gasteiger partial charge is 0.466 e. The second-order valence-electron chi connectivity index (χ2n) is 4.95. The lowest BCUT2D eigenvalue weighted by Crippen LogP contribution is -2.12. The zero-order chi connectivity index (χ0) is 15.2. The predicted molar refractivity (Wildman–Crippen MR) is 79.8 cm³/mol. The van der Waals surface area contributed by atoms with E-state index in [9.17, 15) is 9.59 Å². The molecule has 1 atom stereocenters. The number of hydrogen-bond donors (Lipinski definition) is 0. The maximum Gasteiger partial charge on any atom is 0.305 e. The van der Waals surface area contributed by atoms with Gasteiger partial charge in [0, 0.05) is 12.8 Å². The van der Waals surface area contributed by atoms with Crippen LogP contribution in [0.5, 0.6) is 0 Å². The number of unbranched alkanes of at least 4 members (excludes halogenated alkanes) is 4. The van der Waals surface area contributed by atoms with Crippen molar-refractivity contribution >= 4 is 23.5 Å². The first kappa shape index (κ1) is 19.2. The average molecular weight is 307 g/mol. The van der Waals surface area contributed by atoms with Crippen molar-refractivity contribution in [3.63, 3.8) is 0 Å². The monoisotopic (exact) mass is 306 g/mol. The molecule has 20 heavy (non-hydrogen) atoms. The van der Waals surface area contributed by atoms with E-state index in [0.29, 0.717) is 13.0 Å². The highest BCUT2D eigenvalue weighted by Crippen LogP contribution is 2.05. The van der Waals surface area contributed by atoms with Gasteiger partial charge in [-0.15, -0.1) is 11.6 Å². The quantitative estimate of drug-likeness (QED) is 0.312. The molecule has 1 unspecified atom stereocenters. The van der Waals surface area contributed by atoms with Crippen molar-refractivity contribution in [2.45, 2.75) is 70.6 Å². The van der Waals surface area contributed by atoms with Gasteiger partial charge in [0.05, 0.1) is 12.0 Å². The molecule has 0 radical (unpaired) electrons. The van der Waals surface area contributed by atoms with E-state index >= 15 is 0 Å². The van der Waals surface area contributed by atoms with E-state index in [2.05, 4.69) is 6.92 Å². The van der Waals surface area contributed by atoms with Gasteiger partial charge in [-0.25, -0.2) is 0 Å². The molecule has 0 aromatic rings. The van der Waals surface area contributed by atoms with E-state index in [-0.39, 0.29) is 36.8 Å². The van der Waals surface area contributed by atoms with Crippen molar-refractivity contribution < 1.29 is 19.1 Å². The molecule has 0 rings (SSSR count). The maximum absolute atomic E-state index is 11.4. The molecule has 0 N–H and O–H groups in total. The minimum absolute atomic E-state index is 0.184. The molecule has 0 spiro atoms. The summed E-state index contributed by atoms with van der Waals surface area (Å²) in [6.45, 7) is 4.62. The smallest absolute Gasteiger partial charge is 0.305 e. The van der Waals surface area contributed by atoms with E-state index < -0.39 is 0 Å². The third kappa shape index (κ3) is 13.7. The summed E-state index contributed by atoms with van der Waals surface area (Å²) >= 11 is 5.66. The minimum atomic E-state index is -0.315. The minimum Gasteiger partial charge on any atom is -0.466 e. The van der Waals surface area contributed by atoms with Crippen molar-refractivity contribution in [1.29, 1.82) is 0 Å². The first-order chi connectivity index (χ1) is 9.56. The molecule has 4 nitrogen and oxygen atoms in total. The third-order valence-electron chi connectivity index (χ3n) is 2.75. The van der Waals surface area contributed by atoms with Gasteiger partial charge in [0.2, 0.25) is 0 Å². The Morgan fingerprint density at radius 1 is 0.950 bits per heavy atom. The summed E-state index contributed by atoms with van der Waals surface area (Å²) in [5.41, 5.74) is 0. The molecule has 0 saturated carbocycles. The van der Waals surface area contributed by atoms with Gasteiger partial charge in [-0.1, -0.05) is 32.6 Å². The van der Waals surface area contributed by atoms with Gasteiger partial charge < -0.3 is 9.47 Å². The Labute approximate surface area is 127 Å². The number of esters is 2. The Bertz CT molecular complexity index is 267. The van der Waals surface area contributed by atoms with Gasteiger partial charge in [-0.05, 0) is 19.8 Å². The highest BCUT2D eigenvalue weighted by Gasteiger charge is 2.08. The molecule has 0 heterocycles. The standard InChI is InChI=1S/C15H27ClO4/c1-3-4-5-6-7-11-19-14(17)9-8-10-15(18)20-12-13(2)16/h13H,3-12H2,1-2H3. The van der Waals surface area contributed by atoms with E-state index in [1.165, 1.54) is 19.3 Å². The van der Waals surface area contributed by atoms with Gasteiger partial charge >= 0.3 is 11.9 Å². The van der Waals surface area contributed by atoms with Crippen LogP contribution in [0, 0.1) is 0 Å². The topological polar surface area (TPSA) is 52.6 Å². The SMILES string of the molecule is CCCCCCCOC(=O)CCCC(=O)OCC(C)Cl. The highest BCUT2D eigenvalue weighted by molar-refractivity contribution is 6.20. The molecule has 0 aromatic heterocycles. The second kappa shape index (κ2) is 13.2. The maximum atomic E-state index is 11.4. The van der Waals surface area contributed by atoms with Crippen molar-refractivity contribution in [2.75, 3.05) is 13.2 Å². The number of halogens is 1. The summed E-state index contributed by atoms with van der Waals surface area (Å²) < 4.78 is 9.99. The Morgan fingerprint density at radius 2 is 1.55 bits per heavy atom. The molecular weight excluding hydrogens is 280 g/mol. The normalized spacial score (nSPS) is 11.9. The number of rotatable bonds is 12. The Hall–Kier alpha value is -0.770. The molecule has 0 aliphatic carbocycles. The average Bonchev–Trinajstić information content (AvgIpc) is 2.40. The Balaban J connectivity index is 3.38. The molecule has 0 aliphatic heterocycles. The summed E-state index contributed by atoms with van der Waals surface area (Å²) in [7, 11) is 0. The van der Waals surface area contributed by atoms with Crippen LogP contribution >= 0.6 is 11.6 Å². The van der Waals surface area contributed by atoms with Crippen LogP contribution in [-0.4, -0.2) is 30.5 Å². The fraction of sp³-hybridized carbons (Fsp3) is 0.867. The highest BCUT2D eigenvalue weighted by atomic mass is 35.5. The van der Waals surface area contributed by atoms with E-state index in [4.69, 9.17) is 21.1 Å². The summed E-state index contributed by atoms with van der Waals surface area (Å²) in [6, 6.07) is 0. The number of ether oxygens (including phenoxy) is 2. The summed E-state index contributed by atoms with van der Waals surface area (Å²) in [5, 5.41) is -0.184. The molecule has 0 aliphatic rings. The fourth-order valence-corrected chi connectivity index (χ4v) is 1.68. The number of carbonyl (C=O) groups is 2. The van der Waals surface area contributed by atoms with Crippen LogP contribution in [0.1, 0.15) is 65.2 Å². The molecule has 0 amide bonds. The summed E-state index contributed by atoms with van der Waals surface area (Å²) in [5.74, 6) is -0.552. The Morgan fingerprint density at radius 3 is 2.15 bits per heavy atom. The molecule has 0 saturated heterocycles. The summed E-state index contributed by atoms with van der Waals surface area (Å²) in [4.78, 5) is 22.6. The Kier molecular flexibility index (Phi) is 12.7. The van der Waals surface area contributed by atoms with Gasteiger partial charge in [0.15, 0.2) is 0 Å². The van der Waals surface area contributed by atoms with Gasteiger partial charge in [-0.2, -0.15) is 0 Å². The fourth-order valence-electron chi connectivity index (χ4n) is 1.62. The number of hydrogen-bond acceptors (Lipinski definition) is 4. The molecular formula is C15H27ClO4. The molecule has 0 aromatic carbocycles. The van der Waals surface area contributed by atoms with E-state index in [1.807, 2.05) is 0 Å². The zero-order valence-corrected chi connectivity index (χ0v) is 13.4. The molecule has 118 valence electrons. The first-order valence-electron chi connectivity index (χ1n) is 7.51. The lowest BCUT2D eigenvalue weighted by molar-refractivity contribution is -0.145. The third-order valence-corrected chi connectivity index (χ3v) is 2.87. The van der Waals surface area contributed by atoms with Gasteiger partial charge in [-0.3, -0.25) is 9.59 Å². The van der Waals surface area contributed by atoms with Crippen molar-refractivity contribution in [3.05, 3.63) is 0 Å². The van der Waals surface area contributed by atoms with Crippen LogP contribution in [-0.2, 0) is 19.1 Å². The van der Waals surface area contributed by atoms with Crippen molar-refractivity contribution in [3.8, 4) is 0 Å². The van der Waals surface area contributed by atoms with E-state index in [0.717, 1.165) is 12.8 Å². The van der Waals surface area contributed by atoms with Crippen LogP contribution in [0.15, 0.2) is 0 Å². The van der Waals surface area contributed by atoms with Crippen LogP contribution in [0.3, 0.4) is 0 Å². The number of carbonyl (C=O) groups excluding carboxylic acids is 2. The van der Waals surface area contributed by atoms with Gasteiger partial charge in [0.1, 0.15) is 6.61 Å². The molecule has 0 bridgehead atoms. The lowest BCUT2D eigenvalue weighted by Gasteiger charge is -2.06. The van der Waals surface area contributed by atoms with Crippen LogP contribution < -0.4 is 0 Å². The lowest BCUT2D eigenvalue weighted by atomic mass is 10.2. The zero-order valence-electron chi connectivity index (χ0n) is 12.7. The molecule has 0 fully saturated rings. The number of alkyl halides is 1. The van der Waals surface area contributed by atoms with Crippen LogP contribution in [0.25, 0.3) is 0 Å². The predicted octanol–water partition coefficient (Wildman–Crippen LogP) is 3.84. The van der Waals surface area contributed by atoms with Crippen molar-refractivity contribution in [2.24, 2.45) is 0 Å². The van der Waals surface area contributed by atoms with Crippen LogP contribution in [0.2, 0.25) is 0 Å². The molecule has 5 heteroatoms. The van der Waals surface area contributed by atoms with Crippen molar-refractivity contribution in [1.82, 2.24) is 0 Å². The van der Waals surface area contributed by atoms with E-state index in [1.54, 1.807) is 6.92 Å². The first-order valence-corrected chi connectivity index (χ1v) is 7.95. The van der Waals surface area contributed by atoms with Gasteiger partial charge in [0.25, 0.3) is 0 Å². The summed E-state index contributed by atoms with van der Waals surface area (Å²) in [6.07, 6.45) is 6.61. The second-order valence-corrected chi connectivity index (χ2v) is 5.70. The van der Waals surface area contributed by atoms with Crippen LogP contribution in [0.4, 0.5) is 0 Å².